The van der Waals surface area contributed by atoms with Crippen LogP contribution in [0.5, 0.6) is 0 Å². The number of nitrogens with zero attached hydrogens (tertiary/aromatic N) is 4. The third-order valence-electron chi connectivity index (χ3n) is 15.7. The molecule has 0 aromatic heterocycles. The van der Waals surface area contributed by atoms with Crippen molar-refractivity contribution in [1.29, 1.82) is 0 Å². The SMILES string of the molecule is CCCCCCCCCCCCOC(=O)CN(CC(=O)OCCCCCCCCCCCC)C(=O)OCCN(CCOC(=O)N(CC(=O)OCCCCCCCCCCCC)CC(=O)OCCCCCCCCCCCC)CCN(CC)CC. The van der Waals surface area contributed by atoms with Crippen molar-refractivity contribution in [2.45, 2.75) is 298 Å². The second-order valence-corrected chi connectivity index (χ2v) is 23.4. The molecule has 0 spiro atoms. The van der Waals surface area contributed by atoms with Crippen LogP contribution in [0.1, 0.15) is 298 Å². The third kappa shape index (κ3) is 53.8. The predicted molar refractivity (Wildman–Crippen MR) is 341 cm³/mol. The second kappa shape index (κ2) is 62.4. The highest BCUT2D eigenvalue weighted by Crippen LogP contribution is 2.15. The van der Waals surface area contributed by atoms with Gasteiger partial charge < -0.3 is 33.3 Å². The Morgan fingerprint density at radius 1 is 0.226 bits per heavy atom. The number of ether oxygens (including phenoxy) is 6. The van der Waals surface area contributed by atoms with Crippen molar-refractivity contribution < 1.29 is 57.2 Å². The molecule has 0 radical (unpaired) electrons. The van der Waals surface area contributed by atoms with Gasteiger partial charge in [0.1, 0.15) is 39.4 Å². The van der Waals surface area contributed by atoms with Crippen LogP contribution in [0, 0.1) is 0 Å². The summed E-state index contributed by atoms with van der Waals surface area (Å²) in [5, 5.41) is 0. The molecule has 16 nitrogen and oxygen atoms in total. The first-order chi connectivity index (χ1) is 41.0. The average Bonchev–Trinajstić information content (AvgIpc) is 3.49. The maximum absolute atomic E-state index is 13.7. The number of likely N-dealkylation sites (N-methyl/N-ethyl adjacent to an activating group) is 1. The zero-order valence-electron chi connectivity index (χ0n) is 55.3. The lowest BCUT2D eigenvalue weighted by Crippen LogP contribution is -2.43. The van der Waals surface area contributed by atoms with Crippen LogP contribution in [0.4, 0.5) is 9.59 Å². The van der Waals surface area contributed by atoms with Gasteiger partial charge in [0.2, 0.25) is 0 Å². The Bertz CT molecular complexity index is 1350. The molecule has 2 amide bonds. The molecule has 0 fully saturated rings. The second-order valence-electron chi connectivity index (χ2n) is 23.4. The topological polar surface area (TPSA) is 171 Å². The number of esters is 4. The van der Waals surface area contributed by atoms with E-state index in [9.17, 15) is 28.8 Å². The maximum atomic E-state index is 13.7. The molecule has 16 heteroatoms. The Balaban J connectivity index is 5.66. The van der Waals surface area contributed by atoms with Gasteiger partial charge in [0.05, 0.1) is 26.4 Å². The summed E-state index contributed by atoms with van der Waals surface area (Å²) >= 11 is 0. The van der Waals surface area contributed by atoms with Gasteiger partial charge in [0.15, 0.2) is 0 Å². The fraction of sp³-hybridized carbons (Fsp3) is 0.912. The molecule has 0 aliphatic heterocycles. The Hall–Kier alpha value is -3.66. The highest BCUT2D eigenvalue weighted by molar-refractivity contribution is 5.83. The molecular formula is C68H130N4O12. The van der Waals surface area contributed by atoms with Gasteiger partial charge in [-0.15, -0.1) is 0 Å². The number of carbonyl (C=O) groups excluding carboxylic acids is 6. The van der Waals surface area contributed by atoms with Crippen molar-refractivity contribution >= 4 is 36.1 Å². The van der Waals surface area contributed by atoms with Gasteiger partial charge in [-0.3, -0.25) is 33.9 Å². The van der Waals surface area contributed by atoms with E-state index in [0.29, 0.717) is 13.1 Å². The minimum absolute atomic E-state index is 0.0786. The van der Waals surface area contributed by atoms with Gasteiger partial charge in [-0.1, -0.05) is 273 Å². The normalized spacial score (nSPS) is 11.3. The Kier molecular flexibility index (Phi) is 59.7. The molecule has 0 rings (SSSR count). The van der Waals surface area contributed by atoms with Gasteiger partial charge in [0.25, 0.3) is 0 Å². The van der Waals surface area contributed by atoms with Gasteiger partial charge in [-0.25, -0.2) is 9.59 Å². The van der Waals surface area contributed by atoms with E-state index in [1.54, 1.807) is 0 Å². The molecular weight excluding hydrogens is 1060 g/mol. The molecule has 0 aliphatic rings. The van der Waals surface area contributed by atoms with Crippen LogP contribution in [0.25, 0.3) is 0 Å². The lowest BCUT2D eigenvalue weighted by molar-refractivity contribution is -0.149. The van der Waals surface area contributed by atoms with Crippen molar-refractivity contribution in [1.82, 2.24) is 19.6 Å². The first kappa shape index (κ1) is 80.3. The number of carbonyl (C=O) groups is 6. The van der Waals surface area contributed by atoms with Crippen molar-refractivity contribution in [2.24, 2.45) is 0 Å². The highest BCUT2D eigenvalue weighted by Gasteiger charge is 2.26. The van der Waals surface area contributed by atoms with E-state index in [4.69, 9.17) is 28.4 Å². The molecule has 0 saturated heterocycles. The Morgan fingerprint density at radius 3 is 0.643 bits per heavy atom. The average molecular weight is 1200 g/mol. The van der Waals surface area contributed by atoms with Crippen LogP contribution >= 0.6 is 0 Å². The molecule has 0 aliphatic carbocycles. The van der Waals surface area contributed by atoms with Crippen LogP contribution < -0.4 is 0 Å². The van der Waals surface area contributed by atoms with Crippen LogP contribution in [0.3, 0.4) is 0 Å². The summed E-state index contributed by atoms with van der Waals surface area (Å²) in [4.78, 5) is 86.2. The minimum Gasteiger partial charge on any atom is -0.464 e. The smallest absolute Gasteiger partial charge is 0.410 e. The van der Waals surface area contributed by atoms with Gasteiger partial charge >= 0.3 is 36.1 Å². The van der Waals surface area contributed by atoms with E-state index in [1.165, 1.54) is 154 Å². The van der Waals surface area contributed by atoms with Gasteiger partial charge in [0, 0.05) is 26.2 Å². The molecule has 0 atom stereocenters. The minimum atomic E-state index is -0.840. The molecule has 0 bridgehead atoms. The predicted octanol–water partition coefficient (Wildman–Crippen LogP) is 16.4. The largest absolute Gasteiger partial charge is 0.464 e. The number of rotatable bonds is 63. The highest BCUT2D eigenvalue weighted by atomic mass is 16.6. The monoisotopic (exact) mass is 1190 g/mol. The summed E-state index contributed by atoms with van der Waals surface area (Å²) in [5.41, 5.74) is 0. The molecule has 0 aromatic rings. The maximum Gasteiger partial charge on any atom is 0.410 e. The number of hydrogen-bond donors (Lipinski definition) is 0. The van der Waals surface area contributed by atoms with Gasteiger partial charge in [-0.05, 0) is 38.8 Å². The first-order valence-corrected chi connectivity index (χ1v) is 34.9. The molecule has 0 heterocycles. The fourth-order valence-corrected chi connectivity index (χ4v) is 10.1. The van der Waals surface area contributed by atoms with E-state index in [1.807, 2.05) is 4.90 Å². The molecule has 494 valence electrons. The Labute approximate surface area is 514 Å². The summed E-state index contributed by atoms with van der Waals surface area (Å²) in [6.45, 7) is 15.4. The van der Waals surface area contributed by atoms with Crippen molar-refractivity contribution in [3.8, 4) is 0 Å². The Morgan fingerprint density at radius 2 is 0.429 bits per heavy atom. The van der Waals surface area contributed by atoms with E-state index in [0.717, 1.165) is 126 Å². The molecule has 0 unspecified atom stereocenters. The van der Waals surface area contributed by atoms with E-state index in [2.05, 4.69) is 46.4 Å². The van der Waals surface area contributed by atoms with E-state index < -0.39 is 62.2 Å². The molecule has 0 aromatic carbocycles. The van der Waals surface area contributed by atoms with Crippen LogP contribution in [-0.4, -0.2) is 161 Å². The van der Waals surface area contributed by atoms with E-state index in [-0.39, 0.29) is 52.7 Å². The molecule has 0 saturated carbocycles. The number of amides is 2. The fourth-order valence-electron chi connectivity index (χ4n) is 10.1. The molecule has 0 N–H and O–H groups in total. The van der Waals surface area contributed by atoms with Crippen molar-refractivity contribution in [3.63, 3.8) is 0 Å². The number of hydrogen-bond acceptors (Lipinski definition) is 14. The summed E-state index contributed by atoms with van der Waals surface area (Å²) in [7, 11) is 0. The first-order valence-electron chi connectivity index (χ1n) is 34.9. The summed E-state index contributed by atoms with van der Waals surface area (Å²) < 4.78 is 33.6. The van der Waals surface area contributed by atoms with Crippen molar-refractivity contribution in [3.05, 3.63) is 0 Å². The summed E-state index contributed by atoms with van der Waals surface area (Å²) in [6.07, 6.45) is 44.3. The standard InChI is InChI=1S/C68H130N4O12/c1-7-13-17-21-25-29-33-37-41-45-53-79-63(73)59-71(60-64(74)80-54-46-42-38-34-30-26-22-18-14-8-2)67(77)83-57-51-70(50-49-69(11-5)12-6)52-58-84-68(78)72(61-65(75)81-55-47-43-39-35-31-27-23-19-15-9-3)62-66(76)82-56-48-44-40-36-32-28-24-20-16-10-4/h7-62H2,1-6H3. The van der Waals surface area contributed by atoms with Crippen LogP contribution in [0.15, 0.2) is 0 Å². The van der Waals surface area contributed by atoms with Crippen LogP contribution in [0.2, 0.25) is 0 Å². The number of unbranched alkanes of at least 4 members (excludes halogenated alkanes) is 36. The van der Waals surface area contributed by atoms with E-state index >= 15 is 0 Å². The lowest BCUT2D eigenvalue weighted by Gasteiger charge is -2.27. The lowest BCUT2D eigenvalue weighted by atomic mass is 10.1. The van der Waals surface area contributed by atoms with Gasteiger partial charge in [-0.2, -0.15) is 0 Å². The summed E-state index contributed by atoms with van der Waals surface area (Å²) in [6, 6.07) is 0. The van der Waals surface area contributed by atoms with Crippen molar-refractivity contribution in [2.75, 3.05) is 105 Å². The summed E-state index contributed by atoms with van der Waals surface area (Å²) in [5.74, 6) is -2.47. The zero-order valence-corrected chi connectivity index (χ0v) is 55.3. The third-order valence-corrected chi connectivity index (χ3v) is 15.7. The quantitative estimate of drug-likeness (QED) is 0.0320. The van der Waals surface area contributed by atoms with Crippen LogP contribution in [-0.2, 0) is 47.6 Å². The zero-order chi connectivity index (χ0) is 61.6. The molecule has 84 heavy (non-hydrogen) atoms.